The number of rotatable bonds is 9. The van der Waals surface area contributed by atoms with E-state index in [1.54, 1.807) is 0 Å². The molecule has 0 heterocycles. The maximum absolute atomic E-state index is 6.21. The van der Waals surface area contributed by atoms with Crippen LogP contribution in [0.3, 0.4) is 0 Å². The van der Waals surface area contributed by atoms with Gasteiger partial charge >= 0.3 is 0 Å². The first-order valence-corrected chi connectivity index (χ1v) is 7.75. The lowest BCUT2D eigenvalue weighted by Crippen LogP contribution is -2.57. The molecule has 2 N–H and O–H groups in total. The summed E-state index contributed by atoms with van der Waals surface area (Å²) in [4.78, 5) is 2.59. The lowest BCUT2D eigenvalue weighted by molar-refractivity contribution is 0.0365. The highest BCUT2D eigenvalue weighted by molar-refractivity contribution is 4.94. The standard InChI is InChI=1S/C16H36N2/c1-8-15(9-2)18(7)16(12-17,10-13(3)4)11-14(5)6/h13-15H,8-12,17H2,1-7H3. The van der Waals surface area contributed by atoms with Gasteiger partial charge in [-0.1, -0.05) is 41.5 Å². The predicted octanol–water partition coefficient (Wildman–Crippen LogP) is 3.90. The number of nitrogens with two attached hydrogens (primary N) is 1. The Labute approximate surface area is 115 Å². The van der Waals surface area contributed by atoms with Crippen LogP contribution in [-0.4, -0.2) is 30.1 Å². The van der Waals surface area contributed by atoms with Gasteiger partial charge in [-0.05, 0) is 44.6 Å². The van der Waals surface area contributed by atoms with E-state index in [0.717, 1.165) is 6.54 Å². The molecule has 0 rings (SSSR count). The summed E-state index contributed by atoms with van der Waals surface area (Å²) in [5, 5.41) is 0. The summed E-state index contributed by atoms with van der Waals surface area (Å²) in [5.74, 6) is 1.40. The first-order chi connectivity index (χ1) is 8.32. The molecule has 0 spiro atoms. The normalized spacial score (nSPS) is 13.3. The molecule has 0 atom stereocenters. The molecule has 0 saturated heterocycles. The lowest BCUT2D eigenvalue weighted by Gasteiger charge is -2.47. The van der Waals surface area contributed by atoms with Crippen LogP contribution in [-0.2, 0) is 0 Å². The van der Waals surface area contributed by atoms with Crippen LogP contribution in [0.4, 0.5) is 0 Å². The number of likely N-dealkylation sites (N-methyl/N-ethyl adjacent to an activating group) is 1. The van der Waals surface area contributed by atoms with Gasteiger partial charge in [0.1, 0.15) is 0 Å². The van der Waals surface area contributed by atoms with Gasteiger partial charge in [0.05, 0.1) is 0 Å². The number of hydrogen-bond acceptors (Lipinski definition) is 2. The smallest absolute Gasteiger partial charge is 0.0336 e. The third kappa shape index (κ3) is 4.89. The van der Waals surface area contributed by atoms with Crippen molar-refractivity contribution in [3.63, 3.8) is 0 Å². The molecular formula is C16H36N2. The maximum Gasteiger partial charge on any atom is 0.0336 e. The van der Waals surface area contributed by atoms with Crippen LogP contribution in [0.15, 0.2) is 0 Å². The van der Waals surface area contributed by atoms with Crippen molar-refractivity contribution in [2.45, 2.75) is 78.8 Å². The lowest BCUT2D eigenvalue weighted by atomic mass is 9.79. The maximum atomic E-state index is 6.21. The minimum atomic E-state index is 0.180. The molecule has 0 saturated carbocycles. The summed E-state index contributed by atoms with van der Waals surface area (Å²) in [5.41, 5.74) is 6.39. The molecule has 0 amide bonds. The van der Waals surface area contributed by atoms with Crippen molar-refractivity contribution in [3.8, 4) is 0 Å². The fourth-order valence-corrected chi connectivity index (χ4v) is 3.43. The van der Waals surface area contributed by atoms with E-state index in [1.807, 2.05) is 0 Å². The Morgan fingerprint density at radius 1 is 0.944 bits per heavy atom. The molecule has 0 aromatic heterocycles. The van der Waals surface area contributed by atoms with Gasteiger partial charge in [-0.25, -0.2) is 0 Å². The molecule has 0 bridgehead atoms. The van der Waals surface area contributed by atoms with Crippen LogP contribution in [0, 0.1) is 11.8 Å². The molecule has 2 nitrogen and oxygen atoms in total. The van der Waals surface area contributed by atoms with Crippen molar-refractivity contribution < 1.29 is 0 Å². The molecular weight excluding hydrogens is 220 g/mol. The number of nitrogens with zero attached hydrogens (tertiary/aromatic N) is 1. The third-order valence-electron chi connectivity index (χ3n) is 4.19. The van der Waals surface area contributed by atoms with Gasteiger partial charge in [0.25, 0.3) is 0 Å². The van der Waals surface area contributed by atoms with E-state index in [2.05, 4.69) is 53.5 Å². The summed E-state index contributed by atoms with van der Waals surface area (Å²) < 4.78 is 0. The minimum absolute atomic E-state index is 0.180. The van der Waals surface area contributed by atoms with Crippen LogP contribution >= 0.6 is 0 Å². The van der Waals surface area contributed by atoms with E-state index >= 15 is 0 Å². The fourth-order valence-electron chi connectivity index (χ4n) is 3.43. The number of hydrogen-bond donors (Lipinski definition) is 1. The molecule has 110 valence electrons. The van der Waals surface area contributed by atoms with Crippen molar-refractivity contribution in [1.29, 1.82) is 0 Å². The van der Waals surface area contributed by atoms with E-state index in [1.165, 1.54) is 25.7 Å². The van der Waals surface area contributed by atoms with Crippen molar-refractivity contribution in [3.05, 3.63) is 0 Å². The Balaban J connectivity index is 5.13. The topological polar surface area (TPSA) is 29.3 Å². The molecule has 0 aliphatic carbocycles. The first kappa shape index (κ1) is 17.9. The molecule has 0 aromatic rings. The molecule has 0 radical (unpaired) electrons. The SMILES string of the molecule is CCC(CC)N(C)C(CN)(CC(C)C)CC(C)C. The summed E-state index contributed by atoms with van der Waals surface area (Å²) in [7, 11) is 2.29. The first-order valence-electron chi connectivity index (χ1n) is 7.75. The minimum Gasteiger partial charge on any atom is -0.329 e. The van der Waals surface area contributed by atoms with Crippen molar-refractivity contribution in [1.82, 2.24) is 4.90 Å². The third-order valence-corrected chi connectivity index (χ3v) is 4.19. The predicted molar refractivity (Wildman–Crippen MR) is 82.8 cm³/mol. The van der Waals surface area contributed by atoms with E-state index in [4.69, 9.17) is 5.73 Å². The van der Waals surface area contributed by atoms with E-state index < -0.39 is 0 Å². The Morgan fingerprint density at radius 3 is 1.56 bits per heavy atom. The van der Waals surface area contributed by atoms with Crippen LogP contribution in [0.1, 0.15) is 67.2 Å². The van der Waals surface area contributed by atoms with Gasteiger partial charge in [-0.15, -0.1) is 0 Å². The summed E-state index contributed by atoms with van der Waals surface area (Å²) >= 11 is 0. The van der Waals surface area contributed by atoms with Crippen LogP contribution in [0.25, 0.3) is 0 Å². The second kappa shape index (κ2) is 8.16. The Bertz CT molecular complexity index is 197. The second-order valence-electron chi connectivity index (χ2n) is 6.71. The molecule has 0 aliphatic heterocycles. The van der Waals surface area contributed by atoms with Gasteiger partial charge < -0.3 is 5.73 Å². The molecule has 18 heavy (non-hydrogen) atoms. The van der Waals surface area contributed by atoms with Crippen LogP contribution < -0.4 is 5.73 Å². The van der Waals surface area contributed by atoms with E-state index in [0.29, 0.717) is 17.9 Å². The second-order valence-corrected chi connectivity index (χ2v) is 6.71. The fraction of sp³-hybridized carbons (Fsp3) is 1.00. The zero-order chi connectivity index (χ0) is 14.3. The average Bonchev–Trinajstić information content (AvgIpc) is 2.28. The zero-order valence-corrected chi connectivity index (χ0v) is 13.8. The Morgan fingerprint density at radius 2 is 1.33 bits per heavy atom. The quantitative estimate of drug-likeness (QED) is 0.678. The van der Waals surface area contributed by atoms with Crippen LogP contribution in [0.2, 0.25) is 0 Å². The largest absolute Gasteiger partial charge is 0.329 e. The summed E-state index contributed by atoms with van der Waals surface area (Å²) in [6.07, 6.45) is 4.83. The van der Waals surface area contributed by atoms with Crippen LogP contribution in [0.5, 0.6) is 0 Å². The molecule has 0 aliphatic rings. The summed E-state index contributed by atoms with van der Waals surface area (Å²) in [6.45, 7) is 14.6. The van der Waals surface area contributed by atoms with Gasteiger partial charge in [0.15, 0.2) is 0 Å². The highest BCUT2D eigenvalue weighted by Gasteiger charge is 2.37. The summed E-state index contributed by atoms with van der Waals surface area (Å²) in [6, 6.07) is 0.658. The van der Waals surface area contributed by atoms with Crippen molar-refractivity contribution >= 4 is 0 Å². The van der Waals surface area contributed by atoms with Gasteiger partial charge in [0.2, 0.25) is 0 Å². The highest BCUT2D eigenvalue weighted by Crippen LogP contribution is 2.32. The molecule has 2 heteroatoms. The highest BCUT2D eigenvalue weighted by atomic mass is 15.2. The molecule has 0 fully saturated rings. The van der Waals surface area contributed by atoms with E-state index in [9.17, 15) is 0 Å². The zero-order valence-electron chi connectivity index (χ0n) is 13.8. The van der Waals surface area contributed by atoms with Crippen molar-refractivity contribution in [2.75, 3.05) is 13.6 Å². The van der Waals surface area contributed by atoms with Crippen molar-refractivity contribution in [2.24, 2.45) is 17.6 Å². The average molecular weight is 256 g/mol. The van der Waals surface area contributed by atoms with Gasteiger partial charge in [-0.2, -0.15) is 0 Å². The van der Waals surface area contributed by atoms with Gasteiger partial charge in [-0.3, -0.25) is 4.90 Å². The molecule has 0 unspecified atom stereocenters. The van der Waals surface area contributed by atoms with Gasteiger partial charge in [0, 0.05) is 18.1 Å². The molecule has 0 aromatic carbocycles. The monoisotopic (exact) mass is 256 g/mol. The Hall–Kier alpha value is -0.0800. The Kier molecular flexibility index (Phi) is 8.13. The van der Waals surface area contributed by atoms with E-state index in [-0.39, 0.29) is 5.54 Å².